The minimum Gasteiger partial charge on any atom is -0.389 e. The summed E-state index contributed by atoms with van der Waals surface area (Å²) in [6.45, 7) is 1.27. The van der Waals surface area contributed by atoms with E-state index in [2.05, 4.69) is 20.9 Å². The van der Waals surface area contributed by atoms with Gasteiger partial charge in [-0.1, -0.05) is 18.2 Å². The van der Waals surface area contributed by atoms with Crippen LogP contribution in [0.15, 0.2) is 54.9 Å². The third-order valence-corrected chi connectivity index (χ3v) is 4.10. The van der Waals surface area contributed by atoms with Gasteiger partial charge in [0, 0.05) is 31.2 Å². The number of carbonyl (C=O) groups excluding carboxylic acids is 1. The molecule has 1 aromatic heterocycles. The van der Waals surface area contributed by atoms with Gasteiger partial charge in [-0.05, 0) is 29.8 Å². The van der Waals surface area contributed by atoms with Gasteiger partial charge in [0.15, 0.2) is 0 Å². The molecule has 0 saturated carbocycles. The first-order valence-electron chi connectivity index (χ1n) is 8.24. The highest BCUT2D eigenvalue weighted by molar-refractivity contribution is 5.89. The number of rotatable bonds is 6. The molecule has 1 aromatic carbocycles. The Kier molecular flexibility index (Phi) is 5.95. The van der Waals surface area contributed by atoms with Gasteiger partial charge in [0.1, 0.15) is 6.10 Å². The van der Waals surface area contributed by atoms with Crippen molar-refractivity contribution in [3.63, 3.8) is 0 Å². The summed E-state index contributed by atoms with van der Waals surface area (Å²) in [5.41, 5.74) is 1.80. The van der Waals surface area contributed by atoms with E-state index < -0.39 is 12.2 Å². The maximum absolute atomic E-state index is 11.9. The molecule has 2 aromatic rings. The second kappa shape index (κ2) is 8.57. The maximum Gasteiger partial charge on any atom is 0.319 e. The zero-order valence-electron chi connectivity index (χ0n) is 13.8. The van der Waals surface area contributed by atoms with Crippen LogP contribution in [-0.2, 0) is 11.3 Å². The van der Waals surface area contributed by atoms with Crippen molar-refractivity contribution in [1.82, 2.24) is 15.6 Å². The molecule has 0 radical (unpaired) electrons. The van der Waals surface area contributed by atoms with Crippen LogP contribution in [0.25, 0.3) is 0 Å². The van der Waals surface area contributed by atoms with Crippen molar-refractivity contribution in [2.45, 2.75) is 24.8 Å². The summed E-state index contributed by atoms with van der Waals surface area (Å²) in [5.74, 6) is 0. The van der Waals surface area contributed by atoms with E-state index in [4.69, 9.17) is 4.74 Å². The number of urea groups is 1. The van der Waals surface area contributed by atoms with E-state index in [1.54, 1.807) is 24.5 Å². The summed E-state index contributed by atoms with van der Waals surface area (Å²) in [4.78, 5) is 15.9. The summed E-state index contributed by atoms with van der Waals surface area (Å²) in [7, 11) is 0. The Bertz CT molecular complexity index is 669. The molecule has 3 rings (SSSR count). The Balaban J connectivity index is 1.41. The molecule has 0 spiro atoms. The zero-order valence-corrected chi connectivity index (χ0v) is 13.8. The SMILES string of the molecule is O=C(NC[C@H]1OC[C@@H](NCc2ccncc2)[C@@H]1O)Nc1ccccc1. The van der Waals surface area contributed by atoms with Gasteiger partial charge < -0.3 is 25.8 Å². The minimum absolute atomic E-state index is 0.169. The number of aliphatic hydroxyl groups excluding tert-OH is 1. The van der Waals surface area contributed by atoms with Crippen LogP contribution in [0.5, 0.6) is 0 Å². The fourth-order valence-electron chi connectivity index (χ4n) is 2.68. The standard InChI is InChI=1S/C18H22N4O3/c23-17-15(20-10-13-6-8-19-9-7-13)12-25-16(17)11-21-18(24)22-14-4-2-1-3-5-14/h1-9,15-17,20,23H,10-12H2,(H2,21,22,24)/t15-,16-,17+/m1/s1. The van der Waals surface area contributed by atoms with Crippen LogP contribution >= 0.6 is 0 Å². The molecule has 1 saturated heterocycles. The summed E-state index contributed by atoms with van der Waals surface area (Å²) >= 11 is 0. The predicted octanol–water partition coefficient (Wildman–Crippen LogP) is 1.12. The Morgan fingerprint density at radius 2 is 1.96 bits per heavy atom. The first kappa shape index (κ1) is 17.3. The average Bonchev–Trinajstić information content (AvgIpc) is 3.00. The molecule has 0 bridgehead atoms. The normalized spacial score (nSPS) is 22.5. The third kappa shape index (κ3) is 4.99. The van der Waals surface area contributed by atoms with Gasteiger partial charge >= 0.3 is 6.03 Å². The molecular formula is C18H22N4O3. The molecule has 0 aliphatic carbocycles. The van der Waals surface area contributed by atoms with Crippen LogP contribution < -0.4 is 16.0 Å². The number of para-hydroxylation sites is 1. The predicted molar refractivity (Wildman–Crippen MR) is 94.1 cm³/mol. The second-order valence-corrected chi connectivity index (χ2v) is 5.91. The van der Waals surface area contributed by atoms with Crippen LogP contribution in [0.3, 0.4) is 0 Å². The van der Waals surface area contributed by atoms with E-state index in [0.717, 1.165) is 5.56 Å². The van der Waals surface area contributed by atoms with Crippen LogP contribution in [0, 0.1) is 0 Å². The summed E-state index contributed by atoms with van der Waals surface area (Å²) in [6, 6.07) is 12.5. The van der Waals surface area contributed by atoms with Crippen molar-refractivity contribution in [2.24, 2.45) is 0 Å². The molecule has 0 unspecified atom stereocenters. The molecule has 1 aliphatic heterocycles. The molecule has 3 atom stereocenters. The number of pyridine rings is 1. The van der Waals surface area contributed by atoms with E-state index in [1.165, 1.54) is 0 Å². The number of hydrogen-bond donors (Lipinski definition) is 4. The van der Waals surface area contributed by atoms with Crippen LogP contribution in [-0.4, -0.2) is 47.5 Å². The summed E-state index contributed by atoms with van der Waals surface area (Å²) in [5, 5.41) is 19.1. The smallest absolute Gasteiger partial charge is 0.319 e. The lowest BCUT2D eigenvalue weighted by Gasteiger charge is -2.19. The monoisotopic (exact) mass is 342 g/mol. The van der Waals surface area contributed by atoms with Crippen molar-refractivity contribution in [2.75, 3.05) is 18.5 Å². The molecule has 132 valence electrons. The minimum atomic E-state index is -0.682. The van der Waals surface area contributed by atoms with Crippen LogP contribution in [0.2, 0.25) is 0 Å². The third-order valence-electron chi connectivity index (χ3n) is 4.10. The topological polar surface area (TPSA) is 95.5 Å². The molecule has 7 nitrogen and oxygen atoms in total. The number of hydrogen-bond acceptors (Lipinski definition) is 5. The van der Waals surface area contributed by atoms with Gasteiger partial charge in [0.05, 0.1) is 18.8 Å². The van der Waals surface area contributed by atoms with Crippen LogP contribution in [0.4, 0.5) is 10.5 Å². The van der Waals surface area contributed by atoms with Gasteiger partial charge in [-0.15, -0.1) is 0 Å². The first-order chi connectivity index (χ1) is 12.2. The highest BCUT2D eigenvalue weighted by Crippen LogP contribution is 2.14. The van der Waals surface area contributed by atoms with Crippen molar-refractivity contribution in [3.8, 4) is 0 Å². The molecule has 1 fully saturated rings. The Hall–Kier alpha value is -2.48. The van der Waals surface area contributed by atoms with Gasteiger partial charge in [-0.2, -0.15) is 0 Å². The lowest BCUT2D eigenvalue weighted by Crippen LogP contribution is -2.45. The number of amides is 2. The molecule has 2 heterocycles. The molecule has 7 heteroatoms. The number of benzene rings is 1. The number of aromatic nitrogens is 1. The number of ether oxygens (including phenoxy) is 1. The van der Waals surface area contributed by atoms with Crippen molar-refractivity contribution < 1.29 is 14.6 Å². The number of carbonyl (C=O) groups is 1. The number of nitrogens with one attached hydrogen (secondary N) is 3. The molecule has 25 heavy (non-hydrogen) atoms. The molecule has 4 N–H and O–H groups in total. The van der Waals surface area contributed by atoms with Gasteiger partial charge in [-0.25, -0.2) is 4.79 Å². The average molecular weight is 342 g/mol. The molecule has 1 aliphatic rings. The van der Waals surface area contributed by atoms with Gasteiger partial charge in [-0.3, -0.25) is 4.98 Å². The highest BCUT2D eigenvalue weighted by atomic mass is 16.5. The van der Waals surface area contributed by atoms with E-state index in [0.29, 0.717) is 18.8 Å². The zero-order chi connectivity index (χ0) is 17.5. The number of anilines is 1. The van der Waals surface area contributed by atoms with E-state index in [-0.39, 0.29) is 18.6 Å². The van der Waals surface area contributed by atoms with Gasteiger partial charge in [0.2, 0.25) is 0 Å². The van der Waals surface area contributed by atoms with E-state index >= 15 is 0 Å². The Morgan fingerprint density at radius 3 is 2.72 bits per heavy atom. The largest absolute Gasteiger partial charge is 0.389 e. The number of nitrogens with zero attached hydrogens (tertiary/aromatic N) is 1. The molecular weight excluding hydrogens is 320 g/mol. The van der Waals surface area contributed by atoms with Crippen molar-refractivity contribution in [3.05, 3.63) is 60.4 Å². The second-order valence-electron chi connectivity index (χ2n) is 5.91. The maximum atomic E-state index is 11.9. The van der Waals surface area contributed by atoms with Crippen LogP contribution in [0.1, 0.15) is 5.56 Å². The summed E-state index contributed by atoms with van der Waals surface area (Å²) < 4.78 is 5.60. The lowest BCUT2D eigenvalue weighted by atomic mass is 10.1. The van der Waals surface area contributed by atoms with E-state index in [1.807, 2.05) is 30.3 Å². The van der Waals surface area contributed by atoms with Crippen molar-refractivity contribution >= 4 is 11.7 Å². The van der Waals surface area contributed by atoms with E-state index in [9.17, 15) is 9.90 Å². The fraction of sp³-hybridized carbons (Fsp3) is 0.333. The van der Waals surface area contributed by atoms with Crippen molar-refractivity contribution in [1.29, 1.82) is 0 Å². The molecule has 2 amide bonds. The Morgan fingerprint density at radius 1 is 1.20 bits per heavy atom. The quantitative estimate of drug-likeness (QED) is 0.631. The first-order valence-corrected chi connectivity index (χ1v) is 8.24. The van der Waals surface area contributed by atoms with Gasteiger partial charge in [0.25, 0.3) is 0 Å². The summed E-state index contributed by atoms with van der Waals surface area (Å²) in [6.07, 6.45) is 2.35. The highest BCUT2D eigenvalue weighted by Gasteiger charge is 2.35. The fourth-order valence-corrected chi connectivity index (χ4v) is 2.68. The Labute approximate surface area is 146 Å². The lowest BCUT2D eigenvalue weighted by molar-refractivity contribution is 0.0428. The number of aliphatic hydroxyl groups is 1.